The maximum absolute atomic E-state index is 12.2. The van der Waals surface area contributed by atoms with Crippen LogP contribution in [0.2, 0.25) is 0 Å². The molecule has 0 saturated carbocycles. The van der Waals surface area contributed by atoms with E-state index in [1.165, 1.54) is 17.4 Å². The number of aryl methyl sites for hydroxylation is 1. The largest absolute Gasteiger partial charge is 0.298 e. The predicted molar refractivity (Wildman–Crippen MR) is 101 cm³/mol. The number of thiazole rings is 1. The molecule has 1 aromatic heterocycles. The molecule has 0 saturated heterocycles. The molecule has 0 unspecified atom stereocenters. The van der Waals surface area contributed by atoms with Crippen molar-refractivity contribution in [2.75, 3.05) is 5.32 Å². The van der Waals surface area contributed by atoms with Crippen molar-refractivity contribution in [3.63, 3.8) is 0 Å². The summed E-state index contributed by atoms with van der Waals surface area (Å²) in [5, 5.41) is 5.50. The molecule has 2 aromatic carbocycles. The molecule has 3 aromatic rings. The summed E-state index contributed by atoms with van der Waals surface area (Å²) in [6.45, 7) is 0. The van der Waals surface area contributed by atoms with Gasteiger partial charge in [0.2, 0.25) is 5.91 Å². The quantitative estimate of drug-likeness (QED) is 0.711. The van der Waals surface area contributed by atoms with Crippen molar-refractivity contribution in [3.05, 3.63) is 64.7 Å². The SMILES string of the molecule is O=C(/C=C/c1cccc2ccccc12)Nc1nc2c(s1)C(=O)CCC2. The first-order valence-electron chi connectivity index (χ1n) is 8.20. The van der Waals surface area contributed by atoms with E-state index in [0.717, 1.165) is 34.9 Å². The minimum absolute atomic E-state index is 0.130. The molecule has 0 spiro atoms. The van der Waals surface area contributed by atoms with E-state index in [1.54, 1.807) is 6.08 Å². The van der Waals surface area contributed by atoms with Gasteiger partial charge in [-0.15, -0.1) is 0 Å². The van der Waals surface area contributed by atoms with E-state index in [1.807, 2.05) is 42.5 Å². The van der Waals surface area contributed by atoms with Crippen LogP contribution in [0.1, 0.15) is 33.8 Å². The maximum Gasteiger partial charge on any atom is 0.250 e. The van der Waals surface area contributed by atoms with Crippen LogP contribution in [0, 0.1) is 0 Å². The number of nitrogens with zero attached hydrogens (tertiary/aromatic N) is 1. The Morgan fingerprint density at radius 3 is 2.84 bits per heavy atom. The van der Waals surface area contributed by atoms with Crippen molar-refractivity contribution < 1.29 is 9.59 Å². The van der Waals surface area contributed by atoms with E-state index in [9.17, 15) is 9.59 Å². The average Bonchev–Trinajstić information content (AvgIpc) is 3.04. The third kappa shape index (κ3) is 3.23. The molecule has 0 bridgehead atoms. The highest BCUT2D eigenvalue weighted by atomic mass is 32.1. The van der Waals surface area contributed by atoms with Gasteiger partial charge in [-0.3, -0.25) is 14.9 Å². The first-order chi connectivity index (χ1) is 12.2. The lowest BCUT2D eigenvalue weighted by Gasteiger charge is -2.05. The van der Waals surface area contributed by atoms with Gasteiger partial charge in [-0.05, 0) is 35.3 Å². The summed E-state index contributed by atoms with van der Waals surface area (Å²) >= 11 is 1.27. The number of ketones is 1. The third-order valence-corrected chi connectivity index (χ3v) is 5.29. The first kappa shape index (κ1) is 15.7. The lowest BCUT2D eigenvalue weighted by molar-refractivity contribution is -0.111. The van der Waals surface area contributed by atoms with Gasteiger partial charge in [0.1, 0.15) is 0 Å². The lowest BCUT2D eigenvalue weighted by atomic mass is 10.0. The molecule has 1 amide bonds. The normalized spacial score (nSPS) is 14.0. The van der Waals surface area contributed by atoms with E-state index in [2.05, 4.69) is 10.3 Å². The highest BCUT2D eigenvalue weighted by Gasteiger charge is 2.22. The molecular weight excluding hydrogens is 332 g/mol. The monoisotopic (exact) mass is 348 g/mol. The highest BCUT2D eigenvalue weighted by molar-refractivity contribution is 7.17. The number of anilines is 1. The minimum Gasteiger partial charge on any atom is -0.298 e. The van der Waals surface area contributed by atoms with Gasteiger partial charge in [0.15, 0.2) is 10.9 Å². The molecular formula is C20H16N2O2S. The standard InChI is InChI=1S/C20H16N2O2S/c23-17-10-4-9-16-19(17)25-20(21-16)22-18(24)12-11-14-7-3-6-13-5-1-2-8-15(13)14/h1-3,5-8,11-12H,4,9-10H2,(H,21,22,24)/b12-11+. The fraction of sp³-hybridized carbons (Fsp3) is 0.150. The van der Waals surface area contributed by atoms with Crippen LogP contribution in [0.25, 0.3) is 16.8 Å². The van der Waals surface area contributed by atoms with Gasteiger partial charge in [-0.25, -0.2) is 4.98 Å². The molecule has 0 aliphatic heterocycles. The van der Waals surface area contributed by atoms with Crippen LogP contribution < -0.4 is 5.32 Å². The predicted octanol–water partition coefficient (Wildman–Crippen LogP) is 4.47. The van der Waals surface area contributed by atoms with Gasteiger partial charge in [0.05, 0.1) is 10.6 Å². The van der Waals surface area contributed by atoms with Gasteiger partial charge in [-0.1, -0.05) is 53.8 Å². The number of carbonyl (C=O) groups is 2. The summed E-state index contributed by atoms with van der Waals surface area (Å²) in [5.41, 5.74) is 1.80. The van der Waals surface area contributed by atoms with E-state index in [0.29, 0.717) is 16.4 Å². The number of hydrogen-bond acceptors (Lipinski definition) is 4. The summed E-state index contributed by atoms with van der Waals surface area (Å²) in [6.07, 6.45) is 5.52. The van der Waals surface area contributed by atoms with Crippen molar-refractivity contribution in [2.24, 2.45) is 0 Å². The number of nitrogens with one attached hydrogen (secondary N) is 1. The Morgan fingerprint density at radius 2 is 1.96 bits per heavy atom. The van der Waals surface area contributed by atoms with Crippen molar-refractivity contribution >= 4 is 45.0 Å². The molecule has 1 N–H and O–H groups in total. The fourth-order valence-corrected chi connectivity index (χ4v) is 4.01. The van der Waals surface area contributed by atoms with Gasteiger partial charge in [0, 0.05) is 12.5 Å². The van der Waals surface area contributed by atoms with Crippen LogP contribution >= 0.6 is 11.3 Å². The van der Waals surface area contributed by atoms with E-state index >= 15 is 0 Å². The van der Waals surface area contributed by atoms with Gasteiger partial charge in [-0.2, -0.15) is 0 Å². The van der Waals surface area contributed by atoms with Gasteiger partial charge in [0.25, 0.3) is 0 Å². The lowest BCUT2D eigenvalue weighted by Crippen LogP contribution is -2.08. The Kier molecular flexibility index (Phi) is 4.15. The summed E-state index contributed by atoms with van der Waals surface area (Å²) in [4.78, 5) is 29.1. The number of rotatable bonds is 3. The van der Waals surface area contributed by atoms with Crippen molar-refractivity contribution in [1.29, 1.82) is 0 Å². The van der Waals surface area contributed by atoms with E-state index < -0.39 is 0 Å². The summed E-state index contributed by atoms with van der Waals surface area (Å²) < 4.78 is 0. The number of fused-ring (bicyclic) bond motifs is 2. The zero-order valence-electron chi connectivity index (χ0n) is 13.5. The number of aromatic nitrogens is 1. The van der Waals surface area contributed by atoms with Crippen molar-refractivity contribution in [3.8, 4) is 0 Å². The summed E-state index contributed by atoms with van der Waals surface area (Å²) in [7, 11) is 0. The van der Waals surface area contributed by atoms with Crippen LogP contribution in [0.5, 0.6) is 0 Å². The number of benzene rings is 2. The van der Waals surface area contributed by atoms with Crippen LogP contribution in [0.4, 0.5) is 5.13 Å². The zero-order chi connectivity index (χ0) is 17.2. The van der Waals surface area contributed by atoms with Crippen LogP contribution in [0.15, 0.2) is 48.5 Å². The second kappa shape index (κ2) is 6.61. The molecule has 25 heavy (non-hydrogen) atoms. The molecule has 0 fully saturated rings. The zero-order valence-corrected chi connectivity index (χ0v) is 14.3. The molecule has 5 heteroatoms. The van der Waals surface area contributed by atoms with Crippen molar-refractivity contribution in [1.82, 2.24) is 4.98 Å². The van der Waals surface area contributed by atoms with Gasteiger partial charge < -0.3 is 0 Å². The van der Waals surface area contributed by atoms with Crippen LogP contribution in [-0.2, 0) is 11.2 Å². The minimum atomic E-state index is -0.244. The molecule has 1 heterocycles. The highest BCUT2D eigenvalue weighted by Crippen LogP contribution is 2.29. The Bertz CT molecular complexity index is 999. The Labute approximate surface area is 149 Å². The molecule has 4 rings (SSSR count). The number of hydrogen-bond donors (Lipinski definition) is 1. The maximum atomic E-state index is 12.2. The summed E-state index contributed by atoms with van der Waals surface area (Å²) in [6, 6.07) is 14.1. The van der Waals surface area contributed by atoms with Crippen LogP contribution in [0.3, 0.4) is 0 Å². The van der Waals surface area contributed by atoms with Crippen LogP contribution in [-0.4, -0.2) is 16.7 Å². The third-order valence-electron chi connectivity index (χ3n) is 4.24. The topological polar surface area (TPSA) is 59.1 Å². The second-order valence-corrected chi connectivity index (χ2v) is 6.96. The van der Waals surface area contributed by atoms with E-state index in [-0.39, 0.29) is 11.7 Å². The molecule has 1 aliphatic rings. The van der Waals surface area contributed by atoms with Crippen molar-refractivity contribution in [2.45, 2.75) is 19.3 Å². The number of Topliss-reactive ketones (excluding diaryl/α,β-unsaturated/α-hetero) is 1. The molecule has 4 nitrogen and oxygen atoms in total. The first-order valence-corrected chi connectivity index (χ1v) is 9.02. The van der Waals surface area contributed by atoms with Gasteiger partial charge >= 0.3 is 0 Å². The second-order valence-electron chi connectivity index (χ2n) is 5.96. The molecule has 0 atom stereocenters. The molecule has 124 valence electrons. The Morgan fingerprint density at radius 1 is 1.12 bits per heavy atom. The average molecular weight is 348 g/mol. The number of amides is 1. The number of carbonyl (C=O) groups excluding carboxylic acids is 2. The molecule has 1 aliphatic carbocycles. The van der Waals surface area contributed by atoms with E-state index in [4.69, 9.17) is 0 Å². The smallest absolute Gasteiger partial charge is 0.250 e. The Balaban J connectivity index is 1.52. The molecule has 0 radical (unpaired) electrons. The summed E-state index contributed by atoms with van der Waals surface area (Å²) in [5.74, 6) is -0.114. The Hall–Kier alpha value is -2.79. The fourth-order valence-electron chi connectivity index (χ4n) is 3.03.